The van der Waals surface area contributed by atoms with Crippen molar-refractivity contribution in [2.24, 2.45) is 11.7 Å². The lowest BCUT2D eigenvalue weighted by Crippen LogP contribution is -2.32. The Balaban J connectivity index is 2.17. The number of carbonyl (C=O) groups is 2. The molecule has 1 aliphatic heterocycles. The number of likely N-dealkylation sites (tertiary alicyclic amines) is 1. The molecule has 2 rings (SSSR count). The van der Waals surface area contributed by atoms with Crippen molar-refractivity contribution in [2.45, 2.75) is 6.42 Å². The summed E-state index contributed by atoms with van der Waals surface area (Å²) in [6.45, 7) is 0.915. The fraction of sp³-hybridized carbons (Fsp3) is 0.333. The molecule has 1 fully saturated rings. The van der Waals surface area contributed by atoms with Gasteiger partial charge in [0.2, 0.25) is 5.91 Å². The second kappa shape index (κ2) is 4.97. The maximum Gasteiger partial charge on any atom is 0.256 e. The Bertz CT molecular complexity index is 504. The third kappa shape index (κ3) is 2.48. The van der Waals surface area contributed by atoms with Gasteiger partial charge in [-0.15, -0.1) is 0 Å². The molecule has 1 unspecified atom stereocenters. The summed E-state index contributed by atoms with van der Waals surface area (Å²) in [6, 6.07) is 5.15. The summed E-state index contributed by atoms with van der Waals surface area (Å²) in [5.41, 5.74) is 11.9. The van der Waals surface area contributed by atoms with E-state index in [9.17, 15) is 9.59 Å². The molecule has 1 saturated heterocycles. The lowest BCUT2D eigenvalue weighted by molar-refractivity contribution is -0.121. The van der Waals surface area contributed by atoms with E-state index < -0.39 is 0 Å². The van der Waals surface area contributed by atoms with Gasteiger partial charge >= 0.3 is 0 Å². The molecule has 1 heterocycles. The lowest BCUT2D eigenvalue weighted by Gasteiger charge is -2.17. The molecule has 0 aromatic heterocycles. The molecule has 0 radical (unpaired) electrons. The highest BCUT2D eigenvalue weighted by Gasteiger charge is 2.30. The summed E-state index contributed by atoms with van der Waals surface area (Å²) in [6.07, 6.45) is 0.620. The minimum absolute atomic E-state index is 0.155. The minimum Gasteiger partial charge on any atom is -0.398 e. The zero-order chi connectivity index (χ0) is 13.3. The SMILES string of the molecule is NC(=O)C1CCN(C(=O)c2cc(Br)ccc2N)C1. The molecular formula is C12H14BrN3O2. The number of nitrogens with two attached hydrogens (primary N) is 2. The van der Waals surface area contributed by atoms with Crippen LogP contribution in [0.4, 0.5) is 5.69 Å². The quantitative estimate of drug-likeness (QED) is 0.798. The molecule has 0 spiro atoms. The number of primary amides is 1. The Hall–Kier alpha value is -1.56. The van der Waals surface area contributed by atoms with E-state index in [2.05, 4.69) is 15.9 Å². The van der Waals surface area contributed by atoms with Crippen LogP contribution >= 0.6 is 15.9 Å². The van der Waals surface area contributed by atoms with Gasteiger partial charge in [-0.3, -0.25) is 9.59 Å². The van der Waals surface area contributed by atoms with Crippen molar-refractivity contribution < 1.29 is 9.59 Å². The highest BCUT2D eigenvalue weighted by molar-refractivity contribution is 9.10. The molecule has 1 atom stereocenters. The number of anilines is 1. The molecule has 5 nitrogen and oxygen atoms in total. The third-order valence-corrected chi connectivity index (χ3v) is 3.62. The molecular weight excluding hydrogens is 298 g/mol. The van der Waals surface area contributed by atoms with E-state index in [1.807, 2.05) is 0 Å². The van der Waals surface area contributed by atoms with E-state index in [4.69, 9.17) is 11.5 Å². The number of nitrogen functional groups attached to an aromatic ring is 1. The largest absolute Gasteiger partial charge is 0.398 e. The van der Waals surface area contributed by atoms with Crippen molar-refractivity contribution >= 4 is 33.4 Å². The molecule has 0 bridgehead atoms. The molecule has 1 aliphatic rings. The first-order chi connectivity index (χ1) is 8.49. The minimum atomic E-state index is -0.354. The summed E-state index contributed by atoms with van der Waals surface area (Å²) < 4.78 is 0.797. The Labute approximate surface area is 113 Å². The van der Waals surface area contributed by atoms with E-state index in [0.717, 1.165) is 4.47 Å². The van der Waals surface area contributed by atoms with Crippen molar-refractivity contribution in [3.63, 3.8) is 0 Å². The van der Waals surface area contributed by atoms with Crippen LogP contribution in [-0.2, 0) is 4.79 Å². The van der Waals surface area contributed by atoms with Crippen LogP contribution in [0.15, 0.2) is 22.7 Å². The Kier molecular flexibility index (Phi) is 3.56. The van der Waals surface area contributed by atoms with Gasteiger partial charge in [-0.2, -0.15) is 0 Å². The van der Waals surface area contributed by atoms with Crippen molar-refractivity contribution in [3.8, 4) is 0 Å². The normalized spacial score (nSPS) is 18.9. The average molecular weight is 312 g/mol. The van der Waals surface area contributed by atoms with Crippen molar-refractivity contribution in [3.05, 3.63) is 28.2 Å². The third-order valence-electron chi connectivity index (χ3n) is 3.12. The number of amides is 2. The fourth-order valence-electron chi connectivity index (χ4n) is 2.06. The van der Waals surface area contributed by atoms with E-state index in [-0.39, 0.29) is 17.7 Å². The number of halogens is 1. The summed E-state index contributed by atoms with van der Waals surface area (Å²) >= 11 is 3.31. The first-order valence-corrected chi connectivity index (χ1v) is 6.42. The maximum absolute atomic E-state index is 12.3. The summed E-state index contributed by atoms with van der Waals surface area (Å²) in [5, 5.41) is 0. The van der Waals surface area contributed by atoms with Gasteiger partial charge in [-0.1, -0.05) is 15.9 Å². The van der Waals surface area contributed by atoms with Gasteiger partial charge in [-0.25, -0.2) is 0 Å². The van der Waals surface area contributed by atoms with Crippen LogP contribution in [0.5, 0.6) is 0 Å². The van der Waals surface area contributed by atoms with Crippen LogP contribution in [0.3, 0.4) is 0 Å². The number of benzene rings is 1. The predicted octanol–water partition coefficient (Wildman–Crippen LogP) is 0.979. The first-order valence-electron chi connectivity index (χ1n) is 5.62. The zero-order valence-corrected chi connectivity index (χ0v) is 11.3. The van der Waals surface area contributed by atoms with E-state index in [1.165, 1.54) is 0 Å². The van der Waals surface area contributed by atoms with Crippen molar-refractivity contribution in [2.75, 3.05) is 18.8 Å². The fourth-order valence-corrected chi connectivity index (χ4v) is 2.42. The number of hydrogen-bond donors (Lipinski definition) is 2. The molecule has 1 aromatic carbocycles. The molecule has 4 N–H and O–H groups in total. The highest BCUT2D eigenvalue weighted by atomic mass is 79.9. The molecule has 18 heavy (non-hydrogen) atoms. The van der Waals surface area contributed by atoms with Gasteiger partial charge in [0, 0.05) is 23.2 Å². The van der Waals surface area contributed by atoms with Crippen LogP contribution in [0.1, 0.15) is 16.8 Å². The highest BCUT2D eigenvalue weighted by Crippen LogP contribution is 2.23. The summed E-state index contributed by atoms with van der Waals surface area (Å²) in [7, 11) is 0. The smallest absolute Gasteiger partial charge is 0.256 e. The second-order valence-electron chi connectivity index (χ2n) is 4.37. The lowest BCUT2D eigenvalue weighted by atomic mass is 10.1. The van der Waals surface area contributed by atoms with Crippen molar-refractivity contribution in [1.29, 1.82) is 0 Å². The van der Waals surface area contributed by atoms with Gasteiger partial charge in [-0.05, 0) is 24.6 Å². The standard InChI is InChI=1S/C12H14BrN3O2/c13-8-1-2-10(14)9(5-8)12(18)16-4-3-7(6-16)11(15)17/h1-2,5,7H,3-4,6,14H2,(H2,15,17). The van der Waals surface area contributed by atoms with Gasteiger partial charge in [0.15, 0.2) is 0 Å². The maximum atomic E-state index is 12.3. The van der Waals surface area contributed by atoms with E-state index >= 15 is 0 Å². The molecule has 0 saturated carbocycles. The molecule has 2 amide bonds. The first kappa shape index (κ1) is 12.9. The molecule has 1 aromatic rings. The average Bonchev–Trinajstić information content (AvgIpc) is 2.81. The van der Waals surface area contributed by atoms with E-state index in [0.29, 0.717) is 30.8 Å². The van der Waals surface area contributed by atoms with Crippen LogP contribution in [-0.4, -0.2) is 29.8 Å². The van der Waals surface area contributed by atoms with Gasteiger partial charge in [0.1, 0.15) is 0 Å². The Morgan fingerprint density at radius 3 is 2.72 bits per heavy atom. The van der Waals surface area contributed by atoms with E-state index in [1.54, 1.807) is 23.1 Å². The number of carbonyl (C=O) groups excluding carboxylic acids is 2. The Morgan fingerprint density at radius 2 is 2.11 bits per heavy atom. The topological polar surface area (TPSA) is 89.4 Å². The molecule has 96 valence electrons. The molecule has 6 heteroatoms. The Morgan fingerprint density at radius 1 is 1.39 bits per heavy atom. The second-order valence-corrected chi connectivity index (χ2v) is 5.29. The zero-order valence-electron chi connectivity index (χ0n) is 9.73. The summed E-state index contributed by atoms with van der Waals surface area (Å²) in [4.78, 5) is 25.0. The van der Waals surface area contributed by atoms with Crippen LogP contribution in [0, 0.1) is 5.92 Å². The van der Waals surface area contributed by atoms with Crippen LogP contribution in [0.25, 0.3) is 0 Å². The summed E-state index contributed by atoms with van der Waals surface area (Å²) in [5.74, 6) is -0.757. The van der Waals surface area contributed by atoms with Gasteiger partial charge < -0.3 is 16.4 Å². The van der Waals surface area contributed by atoms with Gasteiger partial charge in [0.25, 0.3) is 5.91 Å². The predicted molar refractivity (Wildman–Crippen MR) is 71.8 cm³/mol. The van der Waals surface area contributed by atoms with Crippen molar-refractivity contribution in [1.82, 2.24) is 4.90 Å². The van der Waals surface area contributed by atoms with Gasteiger partial charge in [0.05, 0.1) is 11.5 Å². The number of rotatable bonds is 2. The van der Waals surface area contributed by atoms with Crippen LogP contribution < -0.4 is 11.5 Å². The number of nitrogens with zero attached hydrogens (tertiary/aromatic N) is 1. The number of hydrogen-bond acceptors (Lipinski definition) is 3. The monoisotopic (exact) mass is 311 g/mol. The van der Waals surface area contributed by atoms with Crippen LogP contribution in [0.2, 0.25) is 0 Å². The molecule has 0 aliphatic carbocycles.